The summed E-state index contributed by atoms with van der Waals surface area (Å²) >= 11 is 0. The Kier molecular flexibility index (Phi) is 1.84. The van der Waals surface area contributed by atoms with Crippen LogP contribution in [0.1, 0.15) is 17.2 Å². The van der Waals surface area contributed by atoms with Gasteiger partial charge in [0.15, 0.2) is 0 Å². The quantitative estimate of drug-likeness (QED) is 0.678. The van der Waals surface area contributed by atoms with E-state index in [0.29, 0.717) is 16.7 Å². The predicted molar refractivity (Wildman–Crippen MR) is 54.4 cm³/mol. The molecule has 2 aromatic rings. The van der Waals surface area contributed by atoms with Crippen molar-refractivity contribution in [3.8, 4) is 0 Å². The zero-order valence-corrected chi connectivity index (χ0v) is 8.38. The molecule has 72 valence electrons. The lowest BCUT2D eigenvalue weighted by molar-refractivity contribution is 1.03. The van der Waals surface area contributed by atoms with E-state index in [1.165, 1.54) is 0 Å². The fourth-order valence-corrected chi connectivity index (χ4v) is 1.56. The minimum Gasteiger partial charge on any atom is -0.310 e. The first-order chi connectivity index (χ1) is 6.58. The smallest absolute Gasteiger partial charge is 0.258 e. The first-order valence-electron chi connectivity index (χ1n) is 4.43. The van der Waals surface area contributed by atoms with Gasteiger partial charge in [-0.1, -0.05) is 0 Å². The molecule has 0 atom stereocenters. The lowest BCUT2D eigenvalue weighted by Crippen LogP contribution is -2.11. The SMILES string of the molecule is Cc1cc2c(=O)[nH]c(C)nc2c(C)n1. The number of aryl methyl sites for hydroxylation is 3. The van der Waals surface area contributed by atoms with Crippen LogP contribution < -0.4 is 5.56 Å². The summed E-state index contributed by atoms with van der Waals surface area (Å²) in [6, 6.07) is 1.76. The summed E-state index contributed by atoms with van der Waals surface area (Å²) in [5.74, 6) is 0.622. The molecule has 0 aromatic carbocycles. The minimum absolute atomic E-state index is 0.0962. The normalized spacial score (nSPS) is 10.8. The van der Waals surface area contributed by atoms with Gasteiger partial charge in [0.05, 0.1) is 16.6 Å². The zero-order valence-electron chi connectivity index (χ0n) is 8.38. The van der Waals surface area contributed by atoms with Crippen LogP contribution in [0.3, 0.4) is 0 Å². The number of hydrogen-bond acceptors (Lipinski definition) is 3. The van der Waals surface area contributed by atoms with Gasteiger partial charge in [-0.2, -0.15) is 0 Å². The van der Waals surface area contributed by atoms with Gasteiger partial charge >= 0.3 is 0 Å². The van der Waals surface area contributed by atoms with E-state index in [4.69, 9.17) is 0 Å². The van der Waals surface area contributed by atoms with Crippen LogP contribution in [-0.4, -0.2) is 15.0 Å². The van der Waals surface area contributed by atoms with Crippen LogP contribution in [0.5, 0.6) is 0 Å². The third-order valence-corrected chi connectivity index (χ3v) is 2.11. The Bertz CT molecular complexity index is 557. The first kappa shape index (κ1) is 8.87. The summed E-state index contributed by atoms with van der Waals surface area (Å²) in [6.45, 7) is 5.49. The number of hydrogen-bond donors (Lipinski definition) is 1. The van der Waals surface area contributed by atoms with Crippen LogP contribution in [0.15, 0.2) is 10.9 Å². The molecule has 14 heavy (non-hydrogen) atoms. The molecule has 0 fully saturated rings. The van der Waals surface area contributed by atoms with E-state index in [2.05, 4.69) is 15.0 Å². The molecule has 4 nitrogen and oxygen atoms in total. The largest absolute Gasteiger partial charge is 0.310 e. The maximum absolute atomic E-state index is 11.6. The number of aromatic amines is 1. The van der Waals surface area contributed by atoms with Gasteiger partial charge in [0.2, 0.25) is 0 Å². The molecule has 0 saturated heterocycles. The van der Waals surface area contributed by atoms with E-state index in [9.17, 15) is 4.79 Å². The van der Waals surface area contributed by atoms with Crippen LogP contribution in [-0.2, 0) is 0 Å². The summed E-state index contributed by atoms with van der Waals surface area (Å²) in [4.78, 5) is 22.8. The van der Waals surface area contributed by atoms with Gasteiger partial charge in [0.25, 0.3) is 5.56 Å². The highest BCUT2D eigenvalue weighted by Gasteiger charge is 2.05. The Morgan fingerprint density at radius 1 is 1.21 bits per heavy atom. The van der Waals surface area contributed by atoms with Gasteiger partial charge < -0.3 is 4.98 Å². The van der Waals surface area contributed by atoms with E-state index in [0.717, 1.165) is 11.4 Å². The van der Waals surface area contributed by atoms with Crippen molar-refractivity contribution in [3.05, 3.63) is 33.6 Å². The fourth-order valence-electron chi connectivity index (χ4n) is 1.56. The summed E-state index contributed by atoms with van der Waals surface area (Å²) < 4.78 is 0. The van der Waals surface area contributed by atoms with Gasteiger partial charge in [-0.05, 0) is 26.8 Å². The van der Waals surface area contributed by atoms with Crippen LogP contribution in [0.25, 0.3) is 10.9 Å². The molecular weight excluding hydrogens is 178 g/mol. The van der Waals surface area contributed by atoms with E-state index >= 15 is 0 Å². The molecule has 2 aromatic heterocycles. The molecule has 0 aliphatic carbocycles. The van der Waals surface area contributed by atoms with Crippen molar-refractivity contribution in [2.24, 2.45) is 0 Å². The number of nitrogens with one attached hydrogen (secondary N) is 1. The Morgan fingerprint density at radius 3 is 2.64 bits per heavy atom. The van der Waals surface area contributed by atoms with Crippen LogP contribution in [0.2, 0.25) is 0 Å². The van der Waals surface area contributed by atoms with Crippen molar-refractivity contribution in [2.45, 2.75) is 20.8 Å². The average Bonchev–Trinajstić information content (AvgIpc) is 2.07. The van der Waals surface area contributed by atoms with E-state index < -0.39 is 0 Å². The summed E-state index contributed by atoms with van der Waals surface area (Å²) in [5.41, 5.74) is 2.23. The molecule has 0 bridgehead atoms. The molecule has 0 radical (unpaired) electrons. The zero-order chi connectivity index (χ0) is 10.3. The molecule has 0 aliphatic rings. The maximum Gasteiger partial charge on any atom is 0.258 e. The van der Waals surface area contributed by atoms with Crippen molar-refractivity contribution >= 4 is 10.9 Å². The van der Waals surface area contributed by atoms with Crippen molar-refractivity contribution in [2.75, 3.05) is 0 Å². The summed E-state index contributed by atoms with van der Waals surface area (Å²) in [5, 5.41) is 0.612. The summed E-state index contributed by atoms with van der Waals surface area (Å²) in [7, 11) is 0. The van der Waals surface area contributed by atoms with Gasteiger partial charge in [0.1, 0.15) is 5.82 Å². The standard InChI is InChI=1S/C10H11N3O/c1-5-4-8-9(6(2)11-5)12-7(3)13-10(8)14/h4H,1-3H3,(H,12,13,14). The number of H-pyrrole nitrogens is 1. The third kappa shape index (κ3) is 1.28. The fraction of sp³-hybridized carbons (Fsp3) is 0.300. The molecular formula is C10H11N3O. The van der Waals surface area contributed by atoms with E-state index in [1.54, 1.807) is 13.0 Å². The lowest BCUT2D eigenvalue weighted by atomic mass is 10.2. The van der Waals surface area contributed by atoms with Crippen molar-refractivity contribution in [3.63, 3.8) is 0 Å². The van der Waals surface area contributed by atoms with Crippen molar-refractivity contribution < 1.29 is 0 Å². The summed E-state index contributed by atoms with van der Waals surface area (Å²) in [6.07, 6.45) is 0. The number of fused-ring (bicyclic) bond motifs is 1. The highest BCUT2D eigenvalue weighted by Crippen LogP contribution is 2.11. The molecule has 0 amide bonds. The Morgan fingerprint density at radius 2 is 1.93 bits per heavy atom. The van der Waals surface area contributed by atoms with E-state index in [-0.39, 0.29) is 5.56 Å². The molecule has 4 heteroatoms. The van der Waals surface area contributed by atoms with E-state index in [1.807, 2.05) is 13.8 Å². The van der Waals surface area contributed by atoms with Gasteiger partial charge in [-0.3, -0.25) is 9.78 Å². The Hall–Kier alpha value is -1.71. The third-order valence-electron chi connectivity index (χ3n) is 2.11. The molecule has 0 unspecified atom stereocenters. The van der Waals surface area contributed by atoms with Crippen LogP contribution in [0.4, 0.5) is 0 Å². The Labute approximate surface area is 81.0 Å². The second-order valence-electron chi connectivity index (χ2n) is 3.40. The topological polar surface area (TPSA) is 58.6 Å². The predicted octanol–water partition coefficient (Wildman–Crippen LogP) is 1.24. The number of pyridine rings is 1. The molecule has 1 N–H and O–H groups in total. The van der Waals surface area contributed by atoms with Crippen molar-refractivity contribution in [1.82, 2.24) is 15.0 Å². The maximum atomic E-state index is 11.6. The van der Waals surface area contributed by atoms with Gasteiger partial charge in [-0.25, -0.2) is 4.98 Å². The van der Waals surface area contributed by atoms with Crippen molar-refractivity contribution in [1.29, 1.82) is 0 Å². The molecule has 2 rings (SSSR count). The van der Waals surface area contributed by atoms with Crippen LogP contribution in [0, 0.1) is 20.8 Å². The number of aromatic nitrogens is 3. The first-order valence-corrected chi connectivity index (χ1v) is 4.43. The molecule has 0 spiro atoms. The molecule has 2 heterocycles. The second-order valence-corrected chi connectivity index (χ2v) is 3.40. The molecule has 0 aliphatic heterocycles. The average molecular weight is 189 g/mol. The molecule has 0 saturated carbocycles. The number of rotatable bonds is 0. The van der Waals surface area contributed by atoms with Gasteiger partial charge in [-0.15, -0.1) is 0 Å². The second kappa shape index (κ2) is 2.90. The number of nitrogens with zero attached hydrogens (tertiary/aromatic N) is 2. The highest BCUT2D eigenvalue weighted by atomic mass is 16.1. The Balaban J connectivity index is 3.02. The highest BCUT2D eigenvalue weighted by molar-refractivity contribution is 5.79. The van der Waals surface area contributed by atoms with Gasteiger partial charge in [0, 0.05) is 5.69 Å². The monoisotopic (exact) mass is 189 g/mol. The minimum atomic E-state index is -0.0962. The lowest BCUT2D eigenvalue weighted by Gasteiger charge is -2.02. The van der Waals surface area contributed by atoms with Crippen LogP contribution >= 0.6 is 0 Å².